The van der Waals surface area contributed by atoms with E-state index in [4.69, 9.17) is 0 Å². The van der Waals surface area contributed by atoms with Gasteiger partial charge < -0.3 is 10.4 Å². The summed E-state index contributed by atoms with van der Waals surface area (Å²) in [6, 6.07) is -0.796. The van der Waals surface area contributed by atoms with Crippen molar-refractivity contribution in [3.05, 3.63) is 16.1 Å². The molecule has 104 valence electrons. The van der Waals surface area contributed by atoms with Crippen molar-refractivity contribution in [2.45, 2.75) is 45.1 Å². The maximum Gasteiger partial charge on any atom is 0.326 e. The standard InChI is InChI=1S/C13H18N2O3S/c1-8-14-10(7-19-8)12(16)15-11(13(17)18)9-5-3-2-4-6-9/h7,9,11H,2-6H2,1H3,(H,15,16)(H,17,18). The number of aryl methyl sites for hydroxylation is 1. The zero-order chi connectivity index (χ0) is 13.8. The van der Waals surface area contributed by atoms with Gasteiger partial charge in [0.15, 0.2) is 0 Å². The van der Waals surface area contributed by atoms with Gasteiger partial charge in [-0.3, -0.25) is 4.79 Å². The first-order chi connectivity index (χ1) is 9.08. The zero-order valence-corrected chi connectivity index (χ0v) is 11.7. The fourth-order valence-electron chi connectivity index (χ4n) is 2.53. The third-order valence-corrected chi connectivity index (χ3v) is 4.30. The van der Waals surface area contributed by atoms with Crippen LogP contribution in [-0.4, -0.2) is 28.0 Å². The van der Waals surface area contributed by atoms with E-state index in [2.05, 4.69) is 10.3 Å². The Balaban J connectivity index is 2.04. The first-order valence-electron chi connectivity index (χ1n) is 6.53. The fourth-order valence-corrected chi connectivity index (χ4v) is 3.12. The highest BCUT2D eigenvalue weighted by molar-refractivity contribution is 7.09. The molecule has 2 rings (SSSR count). The Morgan fingerprint density at radius 3 is 2.63 bits per heavy atom. The van der Waals surface area contributed by atoms with Gasteiger partial charge in [0.1, 0.15) is 11.7 Å². The van der Waals surface area contributed by atoms with Gasteiger partial charge in [0.25, 0.3) is 5.91 Å². The number of nitrogens with zero attached hydrogens (tertiary/aromatic N) is 1. The van der Waals surface area contributed by atoms with Crippen LogP contribution < -0.4 is 5.32 Å². The second kappa shape index (κ2) is 6.14. The summed E-state index contributed by atoms with van der Waals surface area (Å²) in [5, 5.41) is 14.4. The molecule has 0 spiro atoms. The quantitative estimate of drug-likeness (QED) is 0.887. The summed E-state index contributed by atoms with van der Waals surface area (Å²) in [5.41, 5.74) is 0.310. The third kappa shape index (κ3) is 3.53. The van der Waals surface area contributed by atoms with Crippen LogP contribution in [0, 0.1) is 12.8 Å². The lowest BCUT2D eigenvalue weighted by Gasteiger charge is -2.27. The summed E-state index contributed by atoms with van der Waals surface area (Å²) in [6.45, 7) is 1.82. The van der Waals surface area contributed by atoms with Crippen LogP contribution in [0.1, 0.15) is 47.6 Å². The van der Waals surface area contributed by atoms with Gasteiger partial charge >= 0.3 is 5.97 Å². The number of thiazole rings is 1. The maximum atomic E-state index is 12.0. The van der Waals surface area contributed by atoms with Crippen molar-refractivity contribution in [3.8, 4) is 0 Å². The zero-order valence-electron chi connectivity index (χ0n) is 10.9. The number of aliphatic carboxylic acids is 1. The van der Waals surface area contributed by atoms with Crippen molar-refractivity contribution in [1.29, 1.82) is 0 Å². The van der Waals surface area contributed by atoms with E-state index in [-0.39, 0.29) is 11.8 Å². The Labute approximate surface area is 116 Å². The number of aromatic nitrogens is 1. The summed E-state index contributed by atoms with van der Waals surface area (Å²) < 4.78 is 0. The average molecular weight is 282 g/mol. The molecule has 0 bridgehead atoms. The van der Waals surface area contributed by atoms with E-state index in [0.29, 0.717) is 5.69 Å². The molecule has 0 aromatic carbocycles. The van der Waals surface area contributed by atoms with E-state index >= 15 is 0 Å². The van der Waals surface area contributed by atoms with Crippen molar-refractivity contribution in [3.63, 3.8) is 0 Å². The van der Waals surface area contributed by atoms with Crippen molar-refractivity contribution in [2.24, 2.45) is 5.92 Å². The Morgan fingerprint density at radius 2 is 2.11 bits per heavy atom. The van der Waals surface area contributed by atoms with Crippen LogP contribution >= 0.6 is 11.3 Å². The molecular weight excluding hydrogens is 264 g/mol. The van der Waals surface area contributed by atoms with Crippen LogP contribution in [-0.2, 0) is 4.79 Å². The minimum atomic E-state index is -0.952. The largest absolute Gasteiger partial charge is 0.480 e. The van der Waals surface area contributed by atoms with Gasteiger partial charge in [0, 0.05) is 5.38 Å². The summed E-state index contributed by atoms with van der Waals surface area (Å²) in [5.74, 6) is -1.30. The average Bonchev–Trinajstić information content (AvgIpc) is 2.83. The van der Waals surface area contributed by atoms with Crippen molar-refractivity contribution in [1.82, 2.24) is 10.3 Å². The molecule has 1 aliphatic rings. The molecule has 1 unspecified atom stereocenters. The molecule has 19 heavy (non-hydrogen) atoms. The molecule has 1 aliphatic carbocycles. The minimum absolute atomic E-state index is 0.0370. The highest BCUT2D eigenvalue weighted by Gasteiger charge is 2.31. The van der Waals surface area contributed by atoms with Gasteiger partial charge in [-0.1, -0.05) is 19.3 Å². The lowest BCUT2D eigenvalue weighted by Crippen LogP contribution is -2.46. The molecule has 1 atom stereocenters. The van der Waals surface area contributed by atoms with Crippen LogP contribution in [0.4, 0.5) is 0 Å². The first kappa shape index (κ1) is 14.0. The Kier molecular flexibility index (Phi) is 4.52. The Morgan fingerprint density at radius 1 is 1.42 bits per heavy atom. The van der Waals surface area contributed by atoms with E-state index in [1.54, 1.807) is 5.38 Å². The Bertz CT molecular complexity index is 466. The van der Waals surface area contributed by atoms with Gasteiger partial charge in [-0.2, -0.15) is 0 Å². The van der Waals surface area contributed by atoms with Gasteiger partial charge in [-0.15, -0.1) is 11.3 Å². The molecule has 1 fully saturated rings. The van der Waals surface area contributed by atoms with E-state index in [9.17, 15) is 14.7 Å². The number of nitrogens with one attached hydrogen (secondary N) is 1. The van der Waals surface area contributed by atoms with Gasteiger partial charge in [0.2, 0.25) is 0 Å². The molecule has 1 saturated carbocycles. The second-order valence-electron chi connectivity index (χ2n) is 4.94. The highest BCUT2D eigenvalue weighted by Crippen LogP contribution is 2.26. The molecule has 0 radical (unpaired) electrons. The van der Waals surface area contributed by atoms with Crippen LogP contribution in [0.15, 0.2) is 5.38 Å². The molecule has 1 aromatic heterocycles. The normalized spacial score (nSPS) is 17.9. The number of carbonyl (C=O) groups is 2. The lowest BCUT2D eigenvalue weighted by atomic mass is 9.84. The molecule has 0 saturated heterocycles. The van der Waals surface area contributed by atoms with Crippen LogP contribution in [0.3, 0.4) is 0 Å². The third-order valence-electron chi connectivity index (χ3n) is 3.53. The van der Waals surface area contributed by atoms with Crippen molar-refractivity contribution in [2.75, 3.05) is 0 Å². The van der Waals surface area contributed by atoms with Crippen LogP contribution in [0.5, 0.6) is 0 Å². The topological polar surface area (TPSA) is 79.3 Å². The number of carboxylic acids is 1. The predicted molar refractivity (Wildman–Crippen MR) is 72.3 cm³/mol. The monoisotopic (exact) mass is 282 g/mol. The van der Waals surface area contributed by atoms with Gasteiger partial charge in [0.05, 0.1) is 5.01 Å². The summed E-state index contributed by atoms with van der Waals surface area (Å²) in [7, 11) is 0. The smallest absolute Gasteiger partial charge is 0.326 e. The molecule has 2 N–H and O–H groups in total. The fraction of sp³-hybridized carbons (Fsp3) is 0.615. The molecule has 5 nitrogen and oxygen atoms in total. The van der Waals surface area contributed by atoms with Crippen LogP contribution in [0.25, 0.3) is 0 Å². The van der Waals surface area contributed by atoms with Crippen molar-refractivity contribution < 1.29 is 14.7 Å². The maximum absolute atomic E-state index is 12.0. The summed E-state index contributed by atoms with van der Waals surface area (Å²) in [4.78, 5) is 27.4. The van der Waals surface area contributed by atoms with Gasteiger partial charge in [-0.25, -0.2) is 9.78 Å². The predicted octanol–water partition coefficient (Wildman–Crippen LogP) is 2.21. The number of hydrogen-bond acceptors (Lipinski definition) is 4. The molecular formula is C13H18N2O3S. The molecule has 0 aliphatic heterocycles. The van der Waals surface area contributed by atoms with E-state index in [0.717, 1.165) is 37.1 Å². The minimum Gasteiger partial charge on any atom is -0.480 e. The summed E-state index contributed by atoms with van der Waals surface area (Å²) in [6.07, 6.45) is 4.98. The lowest BCUT2D eigenvalue weighted by molar-refractivity contribution is -0.141. The molecule has 1 heterocycles. The van der Waals surface area contributed by atoms with E-state index < -0.39 is 12.0 Å². The molecule has 1 amide bonds. The molecule has 6 heteroatoms. The number of hydrogen-bond donors (Lipinski definition) is 2. The first-order valence-corrected chi connectivity index (χ1v) is 7.41. The van der Waals surface area contributed by atoms with Gasteiger partial charge in [-0.05, 0) is 25.7 Å². The summed E-state index contributed by atoms with van der Waals surface area (Å²) >= 11 is 1.38. The Hall–Kier alpha value is -1.43. The van der Waals surface area contributed by atoms with Crippen LogP contribution in [0.2, 0.25) is 0 Å². The van der Waals surface area contributed by atoms with Crippen molar-refractivity contribution >= 4 is 23.2 Å². The number of carbonyl (C=O) groups excluding carboxylic acids is 1. The number of carboxylic acid groups (broad SMARTS) is 1. The molecule has 1 aromatic rings. The van der Waals surface area contributed by atoms with E-state index in [1.165, 1.54) is 11.3 Å². The number of rotatable bonds is 4. The number of amides is 1. The SMILES string of the molecule is Cc1nc(C(=O)NC(C(=O)O)C2CCCCC2)cs1. The highest BCUT2D eigenvalue weighted by atomic mass is 32.1. The second-order valence-corrected chi connectivity index (χ2v) is 6.00. The van der Waals surface area contributed by atoms with E-state index in [1.807, 2.05) is 6.92 Å².